The number of nitrogens with one attached hydrogen (secondary N) is 1. The monoisotopic (exact) mass is 1030 g/mol. The van der Waals surface area contributed by atoms with E-state index in [1.54, 1.807) is 6.08 Å². The number of hydrogen-bond acceptors (Lipinski definition) is 3. The first-order valence-electron chi connectivity index (χ1n) is 31.5. The maximum absolute atomic E-state index is 12.5. The van der Waals surface area contributed by atoms with Gasteiger partial charge in [0.15, 0.2) is 0 Å². The van der Waals surface area contributed by atoms with Gasteiger partial charge < -0.3 is 15.5 Å². The largest absolute Gasteiger partial charge is 0.394 e. The van der Waals surface area contributed by atoms with E-state index in [0.29, 0.717) is 6.42 Å². The van der Waals surface area contributed by atoms with Crippen molar-refractivity contribution in [3.8, 4) is 0 Å². The van der Waals surface area contributed by atoms with Crippen LogP contribution in [-0.4, -0.2) is 34.9 Å². The molecule has 426 valence electrons. The van der Waals surface area contributed by atoms with E-state index in [-0.39, 0.29) is 12.5 Å². The Hall–Kier alpha value is -3.73. The molecule has 0 aromatic rings. The minimum atomic E-state index is -0.892. The molecule has 2 unspecified atom stereocenters. The fourth-order valence-electron chi connectivity index (χ4n) is 8.79. The lowest BCUT2D eigenvalue weighted by atomic mass is 10.0. The Kier molecular flexibility index (Phi) is 61.3. The third-order valence-electron chi connectivity index (χ3n) is 13.5. The summed E-state index contributed by atoms with van der Waals surface area (Å²) in [7, 11) is 0. The van der Waals surface area contributed by atoms with Gasteiger partial charge >= 0.3 is 0 Å². The molecule has 0 aliphatic carbocycles. The number of allylic oxidation sites excluding steroid dienone is 23. The molecule has 0 aliphatic rings. The zero-order valence-corrected chi connectivity index (χ0v) is 49.0. The zero-order valence-electron chi connectivity index (χ0n) is 49.0. The normalized spacial score (nSPS) is 13.8. The minimum absolute atomic E-state index is 0.101. The molecule has 0 bridgehead atoms. The maximum Gasteiger partial charge on any atom is 0.220 e. The Bertz CT molecular complexity index is 1550. The van der Waals surface area contributed by atoms with E-state index in [1.165, 1.54) is 141 Å². The quantitative estimate of drug-likeness (QED) is 0.0420. The Morgan fingerprint density at radius 2 is 0.600 bits per heavy atom. The van der Waals surface area contributed by atoms with Crippen LogP contribution in [0.5, 0.6) is 0 Å². The fourth-order valence-corrected chi connectivity index (χ4v) is 8.79. The summed E-state index contributed by atoms with van der Waals surface area (Å²) in [5, 5.41) is 23.2. The van der Waals surface area contributed by atoms with Gasteiger partial charge in [-0.2, -0.15) is 0 Å². The molecule has 0 spiro atoms. The van der Waals surface area contributed by atoms with Crippen molar-refractivity contribution in [3.63, 3.8) is 0 Å². The summed E-state index contributed by atoms with van der Waals surface area (Å²) >= 11 is 0. The third kappa shape index (κ3) is 61.0. The van der Waals surface area contributed by atoms with Crippen LogP contribution in [0.1, 0.15) is 277 Å². The van der Waals surface area contributed by atoms with Crippen molar-refractivity contribution in [3.05, 3.63) is 146 Å². The van der Waals surface area contributed by atoms with Crippen LogP contribution in [0.25, 0.3) is 0 Å². The number of carbonyl (C=O) groups excluding carboxylic acids is 1. The topological polar surface area (TPSA) is 69.6 Å². The molecule has 0 radical (unpaired) electrons. The molecule has 0 saturated heterocycles. The number of unbranched alkanes of at least 4 members (excludes halogenated alkanes) is 27. The van der Waals surface area contributed by atoms with Crippen molar-refractivity contribution in [1.29, 1.82) is 0 Å². The van der Waals surface area contributed by atoms with Crippen LogP contribution in [0, 0.1) is 0 Å². The Morgan fingerprint density at radius 1 is 0.333 bits per heavy atom. The van der Waals surface area contributed by atoms with E-state index in [0.717, 1.165) is 116 Å². The van der Waals surface area contributed by atoms with Crippen LogP contribution in [0.2, 0.25) is 0 Å². The summed E-state index contributed by atoms with van der Waals surface area (Å²) in [5.41, 5.74) is 0. The van der Waals surface area contributed by atoms with E-state index in [1.807, 2.05) is 6.08 Å². The van der Waals surface area contributed by atoms with Gasteiger partial charge in [0, 0.05) is 6.42 Å². The second kappa shape index (κ2) is 64.6. The molecular formula is C71H119NO3. The highest BCUT2D eigenvalue weighted by atomic mass is 16.3. The molecule has 0 aromatic heterocycles. The lowest BCUT2D eigenvalue weighted by Crippen LogP contribution is -2.45. The molecule has 0 aliphatic heterocycles. The van der Waals surface area contributed by atoms with Crippen LogP contribution in [0.15, 0.2) is 146 Å². The highest BCUT2D eigenvalue weighted by molar-refractivity contribution is 5.76. The molecule has 1 amide bonds. The van der Waals surface area contributed by atoms with Crippen molar-refractivity contribution < 1.29 is 15.0 Å². The number of hydrogen-bond donors (Lipinski definition) is 3. The van der Waals surface area contributed by atoms with E-state index < -0.39 is 12.1 Å². The fraction of sp³-hybridized carbons (Fsp3) is 0.648. The van der Waals surface area contributed by atoms with E-state index >= 15 is 0 Å². The molecular weight excluding hydrogens is 915 g/mol. The highest BCUT2D eigenvalue weighted by Crippen LogP contribution is 2.16. The van der Waals surface area contributed by atoms with Crippen LogP contribution in [-0.2, 0) is 4.79 Å². The molecule has 2 atom stereocenters. The summed E-state index contributed by atoms with van der Waals surface area (Å²) in [6, 6.07) is -0.670. The molecule has 0 heterocycles. The van der Waals surface area contributed by atoms with Gasteiger partial charge in [0.25, 0.3) is 0 Å². The molecule has 0 saturated carbocycles. The predicted molar refractivity (Wildman–Crippen MR) is 335 cm³/mol. The SMILES string of the molecule is CC/C=C\C/C=C\C/C=C\C/C=C\C/C=C\C/C=C\C/C=C\C/C=C\C/C=C\CCCCCCCC(=O)NC(CO)C(O)/C=C/CC/C=C/CC/C=C/CCCCCCCCCCCCCCCCCCCCCC. The maximum atomic E-state index is 12.5. The standard InChI is InChI=1S/C71H119NO3/c1-3-5-7-9-11-13-15-17-19-21-23-25-27-29-31-33-35-36-37-39-41-43-45-47-49-51-53-55-57-59-61-63-65-67-71(75)72-69(68-73)70(74)66-64-62-60-58-56-54-52-50-48-46-44-42-40-38-34-32-30-28-26-24-22-20-18-16-14-12-10-8-6-4-2/h5,7,11,13,17,19,23,25,29,31,35-36,39,41,45,47-48,50-51,53,56,58,64,66,69-70,73-74H,3-4,6,8-10,12,14-16,18,20-22,24,26-28,30,32-34,37-38,40,42-44,46,49,52,54-55,57,59-63,65,67-68H2,1-2H3,(H,72,75)/b7-5-,13-11-,19-17-,25-23-,31-29-,36-35-,41-39-,47-45-,50-48+,53-51-,58-56+,66-64+. The van der Waals surface area contributed by atoms with Gasteiger partial charge in [0.1, 0.15) is 0 Å². The van der Waals surface area contributed by atoms with Crippen LogP contribution in [0.3, 0.4) is 0 Å². The Labute approximate surface area is 465 Å². The first-order chi connectivity index (χ1) is 37.2. The third-order valence-corrected chi connectivity index (χ3v) is 13.5. The number of carbonyl (C=O) groups is 1. The van der Waals surface area contributed by atoms with Gasteiger partial charge in [-0.15, -0.1) is 0 Å². The molecule has 0 fully saturated rings. The minimum Gasteiger partial charge on any atom is -0.394 e. The van der Waals surface area contributed by atoms with Crippen LogP contribution >= 0.6 is 0 Å². The smallest absolute Gasteiger partial charge is 0.220 e. The number of aliphatic hydroxyl groups excluding tert-OH is 2. The molecule has 4 nitrogen and oxygen atoms in total. The van der Waals surface area contributed by atoms with E-state index in [9.17, 15) is 15.0 Å². The molecule has 0 rings (SSSR count). The number of rotatable bonds is 56. The van der Waals surface area contributed by atoms with Gasteiger partial charge in [-0.05, 0) is 116 Å². The van der Waals surface area contributed by atoms with Gasteiger partial charge in [0.05, 0.1) is 18.8 Å². The number of amides is 1. The summed E-state index contributed by atoms with van der Waals surface area (Å²) in [6.45, 7) is 4.18. The molecule has 75 heavy (non-hydrogen) atoms. The first-order valence-corrected chi connectivity index (χ1v) is 31.5. The predicted octanol–water partition coefficient (Wildman–Crippen LogP) is 21.5. The van der Waals surface area contributed by atoms with Crippen molar-refractivity contribution in [2.45, 2.75) is 289 Å². The lowest BCUT2D eigenvalue weighted by Gasteiger charge is -2.19. The van der Waals surface area contributed by atoms with Crippen molar-refractivity contribution in [2.24, 2.45) is 0 Å². The van der Waals surface area contributed by atoms with E-state index in [4.69, 9.17) is 0 Å². The lowest BCUT2D eigenvalue weighted by molar-refractivity contribution is -0.123. The molecule has 4 heteroatoms. The number of aliphatic hydroxyl groups is 2. The van der Waals surface area contributed by atoms with Crippen molar-refractivity contribution in [2.75, 3.05) is 6.61 Å². The second-order valence-electron chi connectivity index (χ2n) is 20.7. The van der Waals surface area contributed by atoms with Crippen LogP contribution in [0.4, 0.5) is 0 Å². The Morgan fingerprint density at radius 3 is 0.933 bits per heavy atom. The van der Waals surface area contributed by atoms with Crippen LogP contribution < -0.4 is 5.32 Å². The summed E-state index contributed by atoms with van der Waals surface area (Å²) in [4.78, 5) is 12.5. The first kappa shape index (κ1) is 71.3. The van der Waals surface area contributed by atoms with Gasteiger partial charge in [-0.3, -0.25) is 4.79 Å². The summed E-state index contributed by atoms with van der Waals surface area (Å²) in [6.07, 6.45) is 102. The molecule has 0 aromatic carbocycles. The summed E-state index contributed by atoms with van der Waals surface area (Å²) in [5.74, 6) is -0.101. The second-order valence-corrected chi connectivity index (χ2v) is 20.7. The van der Waals surface area contributed by atoms with Gasteiger partial charge in [-0.25, -0.2) is 0 Å². The van der Waals surface area contributed by atoms with Gasteiger partial charge in [0.2, 0.25) is 5.91 Å². The summed E-state index contributed by atoms with van der Waals surface area (Å²) < 4.78 is 0. The average Bonchev–Trinajstić information content (AvgIpc) is 3.41. The van der Waals surface area contributed by atoms with Gasteiger partial charge in [-0.1, -0.05) is 301 Å². The average molecular weight is 1030 g/mol. The molecule has 3 N–H and O–H groups in total. The van der Waals surface area contributed by atoms with Crippen molar-refractivity contribution in [1.82, 2.24) is 5.32 Å². The highest BCUT2D eigenvalue weighted by Gasteiger charge is 2.18. The Balaban J connectivity index is 3.67. The zero-order chi connectivity index (χ0) is 54.1. The van der Waals surface area contributed by atoms with Crippen molar-refractivity contribution >= 4 is 5.91 Å². The van der Waals surface area contributed by atoms with E-state index in [2.05, 4.69) is 153 Å².